The molecule has 1 rings (SSSR count). The van der Waals surface area contributed by atoms with Gasteiger partial charge in [-0.3, -0.25) is 4.79 Å². The molecular weight excluding hydrogens is 212 g/mol. The van der Waals surface area contributed by atoms with E-state index in [9.17, 15) is 4.79 Å². The maximum Gasteiger partial charge on any atom is 0.221 e. The minimum absolute atomic E-state index is 0.123. The lowest BCUT2D eigenvalue weighted by Crippen LogP contribution is -2.26. The Balaban J connectivity index is 2.14. The second kappa shape index (κ2) is 7.71. The number of hydrogen-bond donors (Lipinski definition) is 2. The highest BCUT2D eigenvalue weighted by Crippen LogP contribution is 2.08. The molecule has 0 radical (unpaired) electrons. The molecule has 94 valence electrons. The molecular formula is C14H22N2O. The number of carbonyl (C=O) groups is 1. The molecule has 0 aromatic heterocycles. The van der Waals surface area contributed by atoms with Crippen LogP contribution in [0.5, 0.6) is 0 Å². The van der Waals surface area contributed by atoms with Gasteiger partial charge in [-0.25, -0.2) is 0 Å². The van der Waals surface area contributed by atoms with E-state index in [0.717, 1.165) is 25.1 Å². The molecule has 0 saturated heterocycles. The maximum atomic E-state index is 11.4. The molecule has 0 heterocycles. The summed E-state index contributed by atoms with van der Waals surface area (Å²) in [4.78, 5) is 11.4. The Morgan fingerprint density at radius 3 is 2.53 bits per heavy atom. The standard InChI is InChI=1S/C14H22N2O/c1-3-4-10-16-14(17)9-11-15-13-7-5-12(2)6-8-13/h5-8,15H,3-4,9-11H2,1-2H3,(H,16,17). The summed E-state index contributed by atoms with van der Waals surface area (Å²) < 4.78 is 0. The van der Waals surface area contributed by atoms with Gasteiger partial charge in [0, 0.05) is 25.2 Å². The van der Waals surface area contributed by atoms with E-state index in [2.05, 4.69) is 36.6 Å². The Labute approximate surface area is 104 Å². The fourth-order valence-electron chi connectivity index (χ4n) is 1.48. The van der Waals surface area contributed by atoms with Crippen LogP contribution in [0.2, 0.25) is 0 Å². The number of anilines is 1. The van der Waals surface area contributed by atoms with Crippen LogP contribution in [0.15, 0.2) is 24.3 Å². The largest absolute Gasteiger partial charge is 0.385 e. The van der Waals surface area contributed by atoms with Gasteiger partial charge in [-0.1, -0.05) is 31.0 Å². The van der Waals surface area contributed by atoms with Crippen LogP contribution >= 0.6 is 0 Å². The van der Waals surface area contributed by atoms with Crippen molar-refractivity contribution in [1.82, 2.24) is 5.32 Å². The van der Waals surface area contributed by atoms with Gasteiger partial charge in [-0.05, 0) is 25.5 Å². The van der Waals surface area contributed by atoms with Crippen LogP contribution in [-0.4, -0.2) is 19.0 Å². The number of nitrogens with one attached hydrogen (secondary N) is 2. The molecule has 3 nitrogen and oxygen atoms in total. The van der Waals surface area contributed by atoms with Crippen molar-refractivity contribution in [2.45, 2.75) is 33.1 Å². The normalized spacial score (nSPS) is 10.0. The molecule has 0 aliphatic carbocycles. The molecule has 0 fully saturated rings. The third kappa shape index (κ3) is 5.95. The van der Waals surface area contributed by atoms with E-state index in [1.807, 2.05) is 12.1 Å². The minimum Gasteiger partial charge on any atom is -0.385 e. The molecule has 2 N–H and O–H groups in total. The summed E-state index contributed by atoms with van der Waals surface area (Å²) in [6.07, 6.45) is 2.69. The highest BCUT2D eigenvalue weighted by molar-refractivity contribution is 5.76. The molecule has 0 saturated carbocycles. The maximum absolute atomic E-state index is 11.4. The van der Waals surface area contributed by atoms with E-state index in [4.69, 9.17) is 0 Å². The Morgan fingerprint density at radius 2 is 1.88 bits per heavy atom. The summed E-state index contributed by atoms with van der Waals surface area (Å²) in [6.45, 7) is 5.65. The minimum atomic E-state index is 0.123. The molecule has 1 aromatic rings. The van der Waals surface area contributed by atoms with Crippen molar-refractivity contribution in [2.75, 3.05) is 18.4 Å². The zero-order valence-electron chi connectivity index (χ0n) is 10.8. The summed E-state index contributed by atoms with van der Waals surface area (Å²) in [7, 11) is 0. The van der Waals surface area contributed by atoms with Crippen LogP contribution in [0.1, 0.15) is 31.7 Å². The van der Waals surface area contributed by atoms with Crippen LogP contribution in [0, 0.1) is 6.92 Å². The van der Waals surface area contributed by atoms with E-state index >= 15 is 0 Å². The molecule has 0 atom stereocenters. The van der Waals surface area contributed by atoms with Gasteiger partial charge in [0.1, 0.15) is 0 Å². The third-order valence-corrected chi connectivity index (χ3v) is 2.59. The monoisotopic (exact) mass is 234 g/mol. The molecule has 0 aliphatic heterocycles. The van der Waals surface area contributed by atoms with E-state index in [0.29, 0.717) is 13.0 Å². The average molecular weight is 234 g/mol. The molecule has 1 aromatic carbocycles. The molecule has 0 bridgehead atoms. The van der Waals surface area contributed by atoms with Crippen molar-refractivity contribution in [2.24, 2.45) is 0 Å². The summed E-state index contributed by atoms with van der Waals surface area (Å²) in [6, 6.07) is 8.18. The van der Waals surface area contributed by atoms with Crippen molar-refractivity contribution in [3.63, 3.8) is 0 Å². The number of amides is 1. The second-order valence-electron chi connectivity index (χ2n) is 4.25. The van der Waals surface area contributed by atoms with E-state index in [1.54, 1.807) is 0 Å². The predicted octanol–water partition coefficient (Wildman–Crippen LogP) is 2.71. The summed E-state index contributed by atoms with van der Waals surface area (Å²) in [5.74, 6) is 0.123. The number of unbranched alkanes of at least 4 members (excludes halogenated alkanes) is 1. The topological polar surface area (TPSA) is 41.1 Å². The van der Waals surface area contributed by atoms with Crippen molar-refractivity contribution in [3.8, 4) is 0 Å². The van der Waals surface area contributed by atoms with Gasteiger partial charge in [0.15, 0.2) is 0 Å². The van der Waals surface area contributed by atoms with Crippen molar-refractivity contribution in [3.05, 3.63) is 29.8 Å². The fraction of sp³-hybridized carbons (Fsp3) is 0.500. The fourth-order valence-corrected chi connectivity index (χ4v) is 1.48. The number of aryl methyl sites for hydroxylation is 1. The lowest BCUT2D eigenvalue weighted by molar-refractivity contribution is -0.120. The Kier molecular flexibility index (Phi) is 6.15. The van der Waals surface area contributed by atoms with Crippen LogP contribution < -0.4 is 10.6 Å². The summed E-state index contributed by atoms with van der Waals surface area (Å²) >= 11 is 0. The first kappa shape index (κ1) is 13.6. The number of rotatable bonds is 7. The lowest BCUT2D eigenvalue weighted by atomic mass is 10.2. The van der Waals surface area contributed by atoms with Gasteiger partial charge in [0.2, 0.25) is 5.91 Å². The average Bonchev–Trinajstić information content (AvgIpc) is 2.32. The zero-order valence-corrected chi connectivity index (χ0v) is 10.8. The second-order valence-corrected chi connectivity index (χ2v) is 4.25. The van der Waals surface area contributed by atoms with Crippen LogP contribution in [-0.2, 0) is 4.79 Å². The Hall–Kier alpha value is -1.51. The molecule has 0 spiro atoms. The lowest BCUT2D eigenvalue weighted by Gasteiger charge is -2.07. The third-order valence-electron chi connectivity index (χ3n) is 2.59. The first-order chi connectivity index (χ1) is 8.22. The van der Waals surface area contributed by atoms with Gasteiger partial charge >= 0.3 is 0 Å². The first-order valence-corrected chi connectivity index (χ1v) is 6.29. The van der Waals surface area contributed by atoms with Gasteiger partial charge in [-0.15, -0.1) is 0 Å². The SMILES string of the molecule is CCCCNC(=O)CCNc1ccc(C)cc1. The Bertz CT molecular complexity index is 333. The van der Waals surface area contributed by atoms with Crippen molar-refractivity contribution in [1.29, 1.82) is 0 Å². The van der Waals surface area contributed by atoms with Gasteiger partial charge < -0.3 is 10.6 Å². The molecule has 0 unspecified atom stereocenters. The van der Waals surface area contributed by atoms with E-state index in [1.165, 1.54) is 5.56 Å². The van der Waals surface area contributed by atoms with Crippen molar-refractivity contribution >= 4 is 11.6 Å². The van der Waals surface area contributed by atoms with Gasteiger partial charge in [0.05, 0.1) is 0 Å². The zero-order chi connectivity index (χ0) is 12.5. The number of carbonyl (C=O) groups excluding carboxylic acids is 1. The molecule has 3 heteroatoms. The predicted molar refractivity (Wildman–Crippen MR) is 72.2 cm³/mol. The quantitative estimate of drug-likeness (QED) is 0.712. The van der Waals surface area contributed by atoms with E-state index < -0.39 is 0 Å². The number of hydrogen-bond acceptors (Lipinski definition) is 2. The van der Waals surface area contributed by atoms with Crippen molar-refractivity contribution < 1.29 is 4.79 Å². The highest BCUT2D eigenvalue weighted by Gasteiger charge is 1.99. The summed E-state index contributed by atoms with van der Waals surface area (Å²) in [5, 5.41) is 6.13. The van der Waals surface area contributed by atoms with E-state index in [-0.39, 0.29) is 5.91 Å². The smallest absolute Gasteiger partial charge is 0.221 e. The molecule has 1 amide bonds. The summed E-state index contributed by atoms with van der Waals surface area (Å²) in [5.41, 5.74) is 2.31. The molecule has 0 aliphatic rings. The number of benzene rings is 1. The van der Waals surface area contributed by atoms with Gasteiger partial charge in [-0.2, -0.15) is 0 Å². The van der Waals surface area contributed by atoms with Gasteiger partial charge in [0.25, 0.3) is 0 Å². The van der Waals surface area contributed by atoms with Crippen LogP contribution in [0.3, 0.4) is 0 Å². The van der Waals surface area contributed by atoms with Crippen LogP contribution in [0.4, 0.5) is 5.69 Å². The highest BCUT2D eigenvalue weighted by atomic mass is 16.1. The van der Waals surface area contributed by atoms with Crippen LogP contribution in [0.25, 0.3) is 0 Å². The first-order valence-electron chi connectivity index (χ1n) is 6.29. The Morgan fingerprint density at radius 1 is 1.18 bits per heavy atom. The molecule has 17 heavy (non-hydrogen) atoms.